The molecule has 0 aliphatic heterocycles. The zero-order valence-corrected chi connectivity index (χ0v) is 8.50. The molecular weight excluding hydrogens is 166 g/mol. The molecule has 13 heavy (non-hydrogen) atoms. The summed E-state index contributed by atoms with van der Waals surface area (Å²) in [6.07, 6.45) is 2.00. The quantitative estimate of drug-likeness (QED) is 0.759. The lowest BCUT2D eigenvalue weighted by atomic mass is 10.1. The third-order valence-electron chi connectivity index (χ3n) is 1.74. The number of nitrogens with zero attached hydrogens (tertiary/aromatic N) is 2. The number of nitrogens with one attached hydrogen (secondary N) is 1. The van der Waals surface area contributed by atoms with Crippen molar-refractivity contribution in [3.8, 4) is 0 Å². The van der Waals surface area contributed by atoms with E-state index in [1.165, 1.54) is 0 Å². The van der Waals surface area contributed by atoms with Gasteiger partial charge in [-0.3, -0.25) is 0 Å². The van der Waals surface area contributed by atoms with Gasteiger partial charge < -0.3 is 9.84 Å². The Bertz CT molecular complexity index is 245. The molecule has 1 heterocycles. The lowest BCUT2D eigenvalue weighted by Crippen LogP contribution is -1.97. The van der Waals surface area contributed by atoms with Crippen molar-refractivity contribution in [2.45, 2.75) is 33.6 Å². The highest BCUT2D eigenvalue weighted by Gasteiger charge is 2.05. The summed E-state index contributed by atoms with van der Waals surface area (Å²) < 4.78 is 4.97. The summed E-state index contributed by atoms with van der Waals surface area (Å²) in [5.41, 5.74) is 0. The average molecular weight is 183 g/mol. The fraction of sp³-hybridized carbons (Fsp3) is 0.778. The van der Waals surface area contributed by atoms with Crippen LogP contribution in [-0.2, 0) is 6.42 Å². The molecule has 0 saturated heterocycles. The standard InChI is InChI=1S/C9H17N3O/c1-4-10-9-11-8(12-13-9)6-5-7(2)3/h7H,4-6H2,1-3H3,(H,10,11,12). The zero-order valence-electron chi connectivity index (χ0n) is 8.50. The van der Waals surface area contributed by atoms with Crippen molar-refractivity contribution >= 4 is 6.01 Å². The third kappa shape index (κ3) is 3.44. The predicted octanol–water partition coefficient (Wildman–Crippen LogP) is 2.09. The number of anilines is 1. The lowest BCUT2D eigenvalue weighted by Gasteiger charge is -1.98. The summed E-state index contributed by atoms with van der Waals surface area (Å²) in [5, 5.41) is 6.83. The Morgan fingerprint density at radius 3 is 2.85 bits per heavy atom. The maximum Gasteiger partial charge on any atom is 0.321 e. The van der Waals surface area contributed by atoms with Crippen molar-refractivity contribution in [1.82, 2.24) is 10.1 Å². The van der Waals surface area contributed by atoms with Crippen LogP contribution in [0.1, 0.15) is 33.0 Å². The Morgan fingerprint density at radius 1 is 1.46 bits per heavy atom. The second-order valence-corrected chi connectivity index (χ2v) is 3.48. The first-order chi connectivity index (χ1) is 6.22. The van der Waals surface area contributed by atoms with Crippen LogP contribution in [0.3, 0.4) is 0 Å². The molecule has 0 amide bonds. The van der Waals surface area contributed by atoms with Crippen LogP contribution in [0, 0.1) is 5.92 Å². The highest BCUT2D eigenvalue weighted by molar-refractivity contribution is 5.17. The van der Waals surface area contributed by atoms with Crippen LogP contribution in [0.25, 0.3) is 0 Å². The lowest BCUT2D eigenvalue weighted by molar-refractivity contribution is 0.419. The van der Waals surface area contributed by atoms with Crippen LogP contribution >= 0.6 is 0 Å². The molecule has 0 aliphatic rings. The van der Waals surface area contributed by atoms with Gasteiger partial charge in [-0.05, 0) is 19.3 Å². The molecule has 4 heteroatoms. The van der Waals surface area contributed by atoms with E-state index in [0.29, 0.717) is 11.9 Å². The number of aryl methyl sites for hydroxylation is 1. The van der Waals surface area contributed by atoms with E-state index < -0.39 is 0 Å². The van der Waals surface area contributed by atoms with Crippen LogP contribution < -0.4 is 5.32 Å². The van der Waals surface area contributed by atoms with E-state index in [0.717, 1.165) is 25.2 Å². The summed E-state index contributed by atoms with van der Waals surface area (Å²) >= 11 is 0. The minimum atomic E-state index is 0.529. The molecule has 74 valence electrons. The number of hydrogen-bond acceptors (Lipinski definition) is 4. The second kappa shape index (κ2) is 4.84. The predicted molar refractivity (Wildman–Crippen MR) is 51.6 cm³/mol. The summed E-state index contributed by atoms with van der Waals surface area (Å²) in [4.78, 5) is 4.18. The number of hydrogen-bond donors (Lipinski definition) is 1. The first kappa shape index (κ1) is 10.0. The monoisotopic (exact) mass is 183 g/mol. The van der Waals surface area contributed by atoms with Crippen molar-refractivity contribution in [1.29, 1.82) is 0 Å². The van der Waals surface area contributed by atoms with Gasteiger partial charge in [0, 0.05) is 13.0 Å². The molecule has 1 aromatic rings. The maximum absolute atomic E-state index is 4.97. The summed E-state index contributed by atoms with van der Waals surface area (Å²) in [6.45, 7) is 7.18. The third-order valence-corrected chi connectivity index (χ3v) is 1.74. The first-order valence-electron chi connectivity index (χ1n) is 4.78. The molecule has 0 saturated carbocycles. The van der Waals surface area contributed by atoms with Gasteiger partial charge in [0.15, 0.2) is 5.82 Å². The van der Waals surface area contributed by atoms with Gasteiger partial charge in [0.05, 0.1) is 0 Å². The molecular formula is C9H17N3O. The molecule has 0 fully saturated rings. The molecule has 1 rings (SSSR count). The minimum Gasteiger partial charge on any atom is -0.338 e. The Morgan fingerprint density at radius 2 is 2.23 bits per heavy atom. The molecule has 1 N–H and O–H groups in total. The van der Waals surface area contributed by atoms with E-state index in [1.54, 1.807) is 0 Å². The van der Waals surface area contributed by atoms with E-state index in [4.69, 9.17) is 4.52 Å². The van der Waals surface area contributed by atoms with E-state index in [9.17, 15) is 0 Å². The van der Waals surface area contributed by atoms with Gasteiger partial charge in [-0.2, -0.15) is 4.98 Å². The fourth-order valence-electron chi connectivity index (χ4n) is 0.996. The van der Waals surface area contributed by atoms with Gasteiger partial charge in [0.25, 0.3) is 0 Å². The molecule has 0 bridgehead atoms. The number of aromatic nitrogens is 2. The van der Waals surface area contributed by atoms with E-state index in [2.05, 4.69) is 29.3 Å². The first-order valence-corrected chi connectivity index (χ1v) is 4.78. The van der Waals surface area contributed by atoms with Crippen molar-refractivity contribution in [3.05, 3.63) is 5.82 Å². The largest absolute Gasteiger partial charge is 0.338 e. The van der Waals surface area contributed by atoms with Crippen LogP contribution in [0.4, 0.5) is 6.01 Å². The average Bonchev–Trinajstić information content (AvgIpc) is 2.50. The highest BCUT2D eigenvalue weighted by Crippen LogP contribution is 2.08. The topological polar surface area (TPSA) is 51.0 Å². The smallest absolute Gasteiger partial charge is 0.321 e. The number of rotatable bonds is 5. The van der Waals surface area contributed by atoms with Gasteiger partial charge in [-0.1, -0.05) is 19.0 Å². The normalized spacial score (nSPS) is 10.8. The summed E-state index contributed by atoms with van der Waals surface area (Å²) in [6, 6.07) is 0.529. The van der Waals surface area contributed by atoms with Crippen molar-refractivity contribution in [3.63, 3.8) is 0 Å². The van der Waals surface area contributed by atoms with Gasteiger partial charge in [0.2, 0.25) is 0 Å². The molecule has 0 aromatic carbocycles. The van der Waals surface area contributed by atoms with Gasteiger partial charge in [0.1, 0.15) is 0 Å². The summed E-state index contributed by atoms with van der Waals surface area (Å²) in [5.74, 6) is 1.48. The molecule has 0 aliphatic carbocycles. The molecule has 0 atom stereocenters. The SMILES string of the molecule is CCNc1nc(CCC(C)C)no1. The molecule has 0 radical (unpaired) electrons. The van der Waals surface area contributed by atoms with Crippen LogP contribution in [0.2, 0.25) is 0 Å². The van der Waals surface area contributed by atoms with Crippen molar-refractivity contribution in [2.24, 2.45) is 5.92 Å². The Kier molecular flexibility index (Phi) is 3.73. The van der Waals surface area contributed by atoms with Gasteiger partial charge in [-0.25, -0.2) is 0 Å². The maximum atomic E-state index is 4.97. The molecule has 0 spiro atoms. The molecule has 0 unspecified atom stereocenters. The fourth-order valence-corrected chi connectivity index (χ4v) is 0.996. The summed E-state index contributed by atoms with van der Waals surface area (Å²) in [7, 11) is 0. The van der Waals surface area contributed by atoms with Gasteiger partial charge >= 0.3 is 6.01 Å². The van der Waals surface area contributed by atoms with Crippen LogP contribution in [0.5, 0.6) is 0 Å². The Balaban J connectivity index is 2.39. The second-order valence-electron chi connectivity index (χ2n) is 3.48. The molecule has 1 aromatic heterocycles. The van der Waals surface area contributed by atoms with E-state index >= 15 is 0 Å². The van der Waals surface area contributed by atoms with Crippen LogP contribution in [0.15, 0.2) is 4.52 Å². The minimum absolute atomic E-state index is 0.529. The van der Waals surface area contributed by atoms with Crippen LogP contribution in [-0.4, -0.2) is 16.7 Å². The van der Waals surface area contributed by atoms with E-state index in [-0.39, 0.29) is 0 Å². The molecule has 4 nitrogen and oxygen atoms in total. The Labute approximate surface area is 78.7 Å². The van der Waals surface area contributed by atoms with Crippen molar-refractivity contribution < 1.29 is 4.52 Å². The highest BCUT2D eigenvalue weighted by atomic mass is 16.5. The van der Waals surface area contributed by atoms with Gasteiger partial charge in [-0.15, -0.1) is 0 Å². The zero-order chi connectivity index (χ0) is 9.68. The van der Waals surface area contributed by atoms with E-state index in [1.807, 2.05) is 6.92 Å². The Hall–Kier alpha value is -1.06. The van der Waals surface area contributed by atoms with Crippen molar-refractivity contribution in [2.75, 3.05) is 11.9 Å².